The molecule has 0 atom stereocenters. The average molecular weight is 256 g/mol. The van der Waals surface area contributed by atoms with Gasteiger partial charge in [0.2, 0.25) is 0 Å². The quantitative estimate of drug-likeness (QED) is 0.844. The minimum absolute atomic E-state index is 0.648. The second-order valence-corrected chi connectivity index (χ2v) is 4.08. The molecule has 0 amide bonds. The van der Waals surface area contributed by atoms with Gasteiger partial charge in [-0.25, -0.2) is 0 Å². The van der Waals surface area contributed by atoms with Gasteiger partial charge in [-0.15, -0.1) is 0 Å². The highest BCUT2D eigenvalue weighted by atomic mass is 16.5. The van der Waals surface area contributed by atoms with Crippen molar-refractivity contribution in [2.75, 3.05) is 14.2 Å². The van der Waals surface area contributed by atoms with E-state index in [0.717, 1.165) is 29.2 Å². The molecule has 0 aliphatic rings. The van der Waals surface area contributed by atoms with E-state index in [1.807, 2.05) is 42.0 Å². The zero-order chi connectivity index (χ0) is 13.8. The van der Waals surface area contributed by atoms with Gasteiger partial charge in [0.15, 0.2) is 0 Å². The number of hydrogen-bond acceptors (Lipinski definition) is 3. The number of benzene rings is 1. The van der Waals surface area contributed by atoms with Gasteiger partial charge in [0.05, 0.1) is 14.2 Å². The van der Waals surface area contributed by atoms with Crippen LogP contribution in [0.2, 0.25) is 0 Å². The van der Waals surface area contributed by atoms with Crippen LogP contribution >= 0.6 is 0 Å². The Bertz CT molecular complexity index is 624. The van der Waals surface area contributed by atoms with E-state index in [2.05, 4.69) is 6.07 Å². The van der Waals surface area contributed by atoms with Crippen LogP contribution in [0.3, 0.4) is 0 Å². The van der Waals surface area contributed by atoms with E-state index in [4.69, 9.17) is 14.7 Å². The molecule has 0 bridgehead atoms. The molecule has 0 N–H and O–H groups in total. The summed E-state index contributed by atoms with van der Waals surface area (Å²) in [4.78, 5) is 0. The number of aryl methyl sites for hydroxylation is 1. The zero-order valence-electron chi connectivity index (χ0n) is 11.3. The summed E-state index contributed by atoms with van der Waals surface area (Å²) in [6, 6.07) is 9.72. The van der Waals surface area contributed by atoms with Crippen LogP contribution in [0.25, 0.3) is 11.1 Å². The van der Waals surface area contributed by atoms with Crippen molar-refractivity contribution in [3.05, 3.63) is 36.2 Å². The third-order valence-corrected chi connectivity index (χ3v) is 3.07. The smallest absolute Gasteiger partial charge is 0.130 e. The number of rotatable bonds is 4. The first-order valence-corrected chi connectivity index (χ1v) is 6.06. The number of aromatic nitrogens is 1. The van der Waals surface area contributed by atoms with Gasteiger partial charge < -0.3 is 14.0 Å². The number of nitrogens with zero attached hydrogens (tertiary/aromatic N) is 2. The summed E-state index contributed by atoms with van der Waals surface area (Å²) in [6.45, 7) is 2.78. The van der Waals surface area contributed by atoms with Gasteiger partial charge in [-0.05, 0) is 25.1 Å². The van der Waals surface area contributed by atoms with Crippen molar-refractivity contribution in [1.29, 1.82) is 5.26 Å². The topological polar surface area (TPSA) is 47.2 Å². The second kappa shape index (κ2) is 5.49. The highest BCUT2D eigenvalue weighted by Crippen LogP contribution is 2.34. The van der Waals surface area contributed by atoms with Crippen molar-refractivity contribution in [1.82, 2.24) is 4.57 Å². The van der Waals surface area contributed by atoms with Crippen molar-refractivity contribution >= 4 is 0 Å². The Morgan fingerprint density at radius 3 is 2.53 bits per heavy atom. The van der Waals surface area contributed by atoms with Crippen LogP contribution in [0.4, 0.5) is 0 Å². The Morgan fingerprint density at radius 2 is 2.00 bits per heavy atom. The molecule has 0 saturated carbocycles. The third-order valence-electron chi connectivity index (χ3n) is 3.07. The monoisotopic (exact) mass is 256 g/mol. The minimum Gasteiger partial charge on any atom is -0.497 e. The molecule has 2 aromatic rings. The summed E-state index contributed by atoms with van der Waals surface area (Å²) in [5, 5.41) is 9.10. The summed E-state index contributed by atoms with van der Waals surface area (Å²) in [6.07, 6.45) is 1.96. The van der Waals surface area contributed by atoms with Crippen molar-refractivity contribution in [3.8, 4) is 28.7 Å². The molecule has 0 unspecified atom stereocenters. The van der Waals surface area contributed by atoms with E-state index >= 15 is 0 Å². The molecule has 0 spiro atoms. The number of hydrogen-bond donors (Lipinski definition) is 0. The maximum atomic E-state index is 9.10. The predicted octanol–water partition coefficient (Wildman–Crippen LogP) is 3.06. The predicted molar refractivity (Wildman–Crippen MR) is 73.4 cm³/mol. The van der Waals surface area contributed by atoms with E-state index in [1.165, 1.54) is 0 Å². The van der Waals surface area contributed by atoms with Crippen molar-refractivity contribution in [2.45, 2.75) is 13.5 Å². The summed E-state index contributed by atoms with van der Waals surface area (Å²) in [7, 11) is 3.25. The van der Waals surface area contributed by atoms with Gasteiger partial charge in [0.1, 0.15) is 23.3 Å². The summed E-state index contributed by atoms with van der Waals surface area (Å²) < 4.78 is 12.5. The number of ether oxygens (including phenoxy) is 2. The maximum Gasteiger partial charge on any atom is 0.130 e. The van der Waals surface area contributed by atoms with Gasteiger partial charge in [0.25, 0.3) is 0 Å². The molecular weight excluding hydrogens is 240 g/mol. The molecule has 98 valence electrons. The Morgan fingerprint density at radius 1 is 1.21 bits per heavy atom. The lowest BCUT2D eigenvalue weighted by Crippen LogP contribution is -1.94. The summed E-state index contributed by atoms with van der Waals surface area (Å²) in [5.41, 5.74) is 2.57. The van der Waals surface area contributed by atoms with Gasteiger partial charge in [0, 0.05) is 29.9 Å². The molecular formula is C15H16N2O2. The lowest BCUT2D eigenvalue weighted by Gasteiger charge is -2.09. The van der Waals surface area contributed by atoms with Crippen molar-refractivity contribution in [3.63, 3.8) is 0 Å². The molecule has 0 aliphatic carbocycles. The molecule has 19 heavy (non-hydrogen) atoms. The van der Waals surface area contributed by atoms with Crippen molar-refractivity contribution in [2.24, 2.45) is 0 Å². The fraction of sp³-hybridized carbons (Fsp3) is 0.267. The molecule has 4 heteroatoms. The molecule has 4 nitrogen and oxygen atoms in total. The molecule has 1 aromatic carbocycles. The van der Waals surface area contributed by atoms with Crippen LogP contribution in [-0.4, -0.2) is 18.8 Å². The highest BCUT2D eigenvalue weighted by molar-refractivity contribution is 5.72. The van der Waals surface area contributed by atoms with Crippen LogP contribution in [0.1, 0.15) is 12.6 Å². The summed E-state index contributed by atoms with van der Waals surface area (Å²) >= 11 is 0. The van der Waals surface area contributed by atoms with Crippen LogP contribution in [-0.2, 0) is 6.54 Å². The molecule has 1 aromatic heterocycles. The fourth-order valence-corrected chi connectivity index (χ4v) is 2.05. The fourth-order valence-electron chi connectivity index (χ4n) is 2.05. The van der Waals surface area contributed by atoms with Crippen molar-refractivity contribution < 1.29 is 9.47 Å². The van der Waals surface area contributed by atoms with E-state index in [1.54, 1.807) is 14.2 Å². The first-order chi connectivity index (χ1) is 9.23. The van der Waals surface area contributed by atoms with Crippen LogP contribution in [0, 0.1) is 11.3 Å². The lowest BCUT2D eigenvalue weighted by atomic mass is 10.1. The van der Waals surface area contributed by atoms with Crippen LogP contribution < -0.4 is 9.47 Å². The van der Waals surface area contributed by atoms with Gasteiger partial charge >= 0.3 is 0 Å². The third kappa shape index (κ3) is 2.41. The Hall–Kier alpha value is -2.41. The largest absolute Gasteiger partial charge is 0.497 e. The number of nitriles is 1. The van der Waals surface area contributed by atoms with E-state index in [-0.39, 0.29) is 0 Å². The minimum atomic E-state index is 0.648. The molecule has 0 radical (unpaired) electrons. The lowest BCUT2D eigenvalue weighted by molar-refractivity contribution is 0.395. The van der Waals surface area contributed by atoms with E-state index in [0.29, 0.717) is 5.69 Å². The van der Waals surface area contributed by atoms with Crippen LogP contribution in [0.5, 0.6) is 11.5 Å². The average Bonchev–Trinajstić information content (AvgIpc) is 2.89. The van der Waals surface area contributed by atoms with Gasteiger partial charge in [-0.3, -0.25) is 0 Å². The molecule has 0 fully saturated rings. The SMILES string of the molecule is CCn1cc(-c2ccc(OC)cc2OC)cc1C#N. The summed E-state index contributed by atoms with van der Waals surface area (Å²) in [5.74, 6) is 1.48. The second-order valence-electron chi connectivity index (χ2n) is 4.08. The first kappa shape index (κ1) is 13.0. The van der Waals surface area contributed by atoms with Gasteiger partial charge in [-0.1, -0.05) is 0 Å². The molecule has 0 saturated heterocycles. The Kier molecular flexibility index (Phi) is 3.76. The Labute approximate surface area is 112 Å². The number of methoxy groups -OCH3 is 2. The van der Waals surface area contributed by atoms with E-state index in [9.17, 15) is 0 Å². The highest BCUT2D eigenvalue weighted by Gasteiger charge is 2.11. The Balaban J connectivity index is 2.52. The molecule has 0 aliphatic heterocycles. The molecule has 2 rings (SSSR count). The zero-order valence-corrected chi connectivity index (χ0v) is 11.3. The molecule has 1 heterocycles. The van der Waals surface area contributed by atoms with Gasteiger partial charge in [-0.2, -0.15) is 5.26 Å². The first-order valence-electron chi connectivity index (χ1n) is 6.06. The van der Waals surface area contributed by atoms with E-state index < -0.39 is 0 Å². The maximum absolute atomic E-state index is 9.10. The normalized spacial score (nSPS) is 10.0. The standard InChI is InChI=1S/C15H16N2O2/c1-4-17-10-11(7-12(17)9-16)14-6-5-13(18-2)8-15(14)19-3/h5-8,10H,4H2,1-3H3. The van der Waals surface area contributed by atoms with Crippen LogP contribution in [0.15, 0.2) is 30.5 Å².